The Morgan fingerprint density at radius 3 is 3.16 bits per heavy atom. The number of hydrogen-bond donors (Lipinski definition) is 2. The molecule has 0 aliphatic carbocycles. The van der Waals surface area contributed by atoms with Gasteiger partial charge in [-0.2, -0.15) is 0 Å². The second-order valence-corrected chi connectivity index (χ2v) is 5.56. The number of hydrogen-bond acceptors (Lipinski definition) is 3. The Labute approximate surface area is 114 Å². The van der Waals surface area contributed by atoms with Crippen LogP contribution in [0.15, 0.2) is 18.2 Å². The summed E-state index contributed by atoms with van der Waals surface area (Å²) in [6.07, 6.45) is 3.84. The van der Waals surface area contributed by atoms with E-state index in [4.69, 9.17) is 5.73 Å². The highest BCUT2D eigenvalue weighted by atomic mass is 16.1. The quantitative estimate of drug-likeness (QED) is 0.747. The van der Waals surface area contributed by atoms with Crippen molar-refractivity contribution in [2.24, 2.45) is 0 Å². The van der Waals surface area contributed by atoms with E-state index in [0.717, 1.165) is 44.6 Å². The molecular weight excluding hydrogens is 238 g/mol. The maximum Gasteiger partial charge on any atom is 0.221 e. The fraction of sp³-hybridized carbons (Fsp3) is 0.533. The predicted molar refractivity (Wildman–Crippen MR) is 75.6 cm³/mol. The van der Waals surface area contributed by atoms with Gasteiger partial charge in [0.15, 0.2) is 0 Å². The molecule has 1 aromatic carbocycles. The number of nitrogens with zero attached hydrogens (tertiary/aromatic N) is 1. The van der Waals surface area contributed by atoms with Crippen molar-refractivity contribution in [3.8, 4) is 0 Å². The Morgan fingerprint density at radius 2 is 2.26 bits per heavy atom. The van der Waals surface area contributed by atoms with Crippen LogP contribution in [0.5, 0.6) is 0 Å². The Morgan fingerprint density at radius 1 is 1.37 bits per heavy atom. The van der Waals surface area contributed by atoms with Gasteiger partial charge in [-0.25, -0.2) is 0 Å². The third kappa shape index (κ3) is 2.59. The molecule has 1 amide bonds. The second-order valence-electron chi connectivity index (χ2n) is 5.56. The molecule has 19 heavy (non-hydrogen) atoms. The number of rotatable bonds is 1. The van der Waals surface area contributed by atoms with E-state index >= 15 is 0 Å². The lowest BCUT2D eigenvalue weighted by Gasteiger charge is -2.35. The first-order valence-electron chi connectivity index (χ1n) is 7.11. The molecule has 0 bridgehead atoms. The van der Waals surface area contributed by atoms with Gasteiger partial charge in [-0.3, -0.25) is 9.69 Å². The Balaban J connectivity index is 1.77. The number of carbonyl (C=O) groups is 1. The van der Waals surface area contributed by atoms with Gasteiger partial charge >= 0.3 is 0 Å². The number of nitrogens with one attached hydrogen (secondary N) is 1. The van der Waals surface area contributed by atoms with Crippen LogP contribution in [0.4, 0.5) is 5.69 Å². The van der Waals surface area contributed by atoms with Gasteiger partial charge in [0.25, 0.3) is 0 Å². The fourth-order valence-electron chi connectivity index (χ4n) is 3.20. The molecule has 2 heterocycles. The van der Waals surface area contributed by atoms with Crippen molar-refractivity contribution in [2.45, 2.75) is 38.3 Å². The zero-order valence-corrected chi connectivity index (χ0v) is 11.2. The van der Waals surface area contributed by atoms with E-state index in [1.54, 1.807) is 0 Å². The van der Waals surface area contributed by atoms with Gasteiger partial charge in [0.05, 0.1) is 0 Å². The first kappa shape index (κ1) is 12.5. The second kappa shape index (κ2) is 5.21. The average Bonchev–Trinajstić information content (AvgIpc) is 2.64. The van der Waals surface area contributed by atoms with Crippen LogP contribution in [0.1, 0.15) is 30.4 Å². The van der Waals surface area contributed by atoms with Gasteiger partial charge < -0.3 is 11.1 Å². The lowest BCUT2D eigenvalue weighted by atomic mass is 9.95. The molecule has 3 N–H and O–H groups in total. The van der Waals surface area contributed by atoms with Crippen LogP contribution in [-0.2, 0) is 17.8 Å². The maximum atomic E-state index is 11.7. The number of nitrogens with two attached hydrogens (primary N) is 1. The van der Waals surface area contributed by atoms with Gasteiger partial charge in [0.1, 0.15) is 0 Å². The molecule has 102 valence electrons. The fourth-order valence-corrected chi connectivity index (χ4v) is 3.20. The summed E-state index contributed by atoms with van der Waals surface area (Å²) >= 11 is 0. The lowest BCUT2D eigenvalue weighted by molar-refractivity contribution is -0.121. The molecule has 0 aromatic heterocycles. The number of carbonyl (C=O) groups excluding carboxylic acids is 1. The van der Waals surface area contributed by atoms with Crippen molar-refractivity contribution in [3.63, 3.8) is 0 Å². The minimum absolute atomic E-state index is 0.189. The van der Waals surface area contributed by atoms with E-state index in [2.05, 4.69) is 16.3 Å². The van der Waals surface area contributed by atoms with Crippen LogP contribution in [0, 0.1) is 0 Å². The number of benzene rings is 1. The molecule has 4 nitrogen and oxygen atoms in total. The van der Waals surface area contributed by atoms with Crippen molar-refractivity contribution in [3.05, 3.63) is 29.3 Å². The highest BCUT2D eigenvalue weighted by Gasteiger charge is 2.27. The highest BCUT2D eigenvalue weighted by molar-refractivity contribution is 5.76. The predicted octanol–water partition coefficient (Wildman–Crippen LogP) is 1.30. The number of nitrogen functional groups attached to an aromatic ring is 1. The van der Waals surface area contributed by atoms with Crippen molar-refractivity contribution in [1.82, 2.24) is 10.2 Å². The molecule has 0 radical (unpaired) electrons. The molecule has 2 aliphatic rings. The highest BCUT2D eigenvalue weighted by Crippen LogP contribution is 2.27. The van der Waals surface area contributed by atoms with Crippen LogP contribution in [0.3, 0.4) is 0 Å². The SMILES string of the molecule is Nc1cccc2c1CN(C1CCCNC(=O)C1)CC2. The molecule has 1 aromatic rings. The van der Waals surface area contributed by atoms with E-state index in [1.165, 1.54) is 11.1 Å². The van der Waals surface area contributed by atoms with Gasteiger partial charge in [-0.05, 0) is 36.5 Å². The number of anilines is 1. The zero-order valence-electron chi connectivity index (χ0n) is 11.2. The molecule has 0 saturated carbocycles. The van der Waals surface area contributed by atoms with E-state index in [9.17, 15) is 4.79 Å². The summed E-state index contributed by atoms with van der Waals surface area (Å²) < 4.78 is 0. The summed E-state index contributed by atoms with van der Waals surface area (Å²) in [5, 5.41) is 2.95. The van der Waals surface area contributed by atoms with Crippen LogP contribution < -0.4 is 11.1 Å². The summed E-state index contributed by atoms with van der Waals surface area (Å²) in [6, 6.07) is 6.55. The van der Waals surface area contributed by atoms with E-state index < -0.39 is 0 Å². The Bertz CT molecular complexity index is 486. The molecule has 4 heteroatoms. The maximum absolute atomic E-state index is 11.7. The molecule has 1 atom stereocenters. The molecule has 1 fully saturated rings. The van der Waals surface area contributed by atoms with Crippen LogP contribution >= 0.6 is 0 Å². The molecule has 1 unspecified atom stereocenters. The molecular formula is C15H21N3O. The number of fused-ring (bicyclic) bond motifs is 1. The molecule has 0 spiro atoms. The van der Waals surface area contributed by atoms with Gasteiger partial charge in [-0.1, -0.05) is 12.1 Å². The van der Waals surface area contributed by atoms with Gasteiger partial charge in [0, 0.05) is 37.8 Å². The normalized spacial score (nSPS) is 24.4. The smallest absolute Gasteiger partial charge is 0.221 e. The third-order valence-electron chi connectivity index (χ3n) is 4.31. The van der Waals surface area contributed by atoms with Gasteiger partial charge in [0.2, 0.25) is 5.91 Å². The summed E-state index contributed by atoms with van der Waals surface area (Å²) in [6.45, 7) is 2.75. The lowest BCUT2D eigenvalue weighted by Crippen LogP contribution is -2.40. The topological polar surface area (TPSA) is 58.4 Å². The standard InChI is InChI=1S/C15H21N3O/c16-14-5-1-3-11-6-8-18(10-13(11)14)12-4-2-7-17-15(19)9-12/h1,3,5,12H,2,4,6-10,16H2,(H,17,19). The molecule has 3 rings (SSSR count). The molecule has 2 aliphatic heterocycles. The van der Waals surface area contributed by atoms with E-state index in [-0.39, 0.29) is 5.91 Å². The molecule has 1 saturated heterocycles. The monoisotopic (exact) mass is 259 g/mol. The van der Waals surface area contributed by atoms with Crippen LogP contribution in [-0.4, -0.2) is 29.9 Å². The summed E-state index contributed by atoms with van der Waals surface area (Å²) in [7, 11) is 0. The van der Waals surface area contributed by atoms with Crippen molar-refractivity contribution < 1.29 is 4.79 Å². The summed E-state index contributed by atoms with van der Waals surface area (Å²) in [5.41, 5.74) is 9.61. The van der Waals surface area contributed by atoms with Crippen LogP contribution in [0.25, 0.3) is 0 Å². The van der Waals surface area contributed by atoms with Crippen molar-refractivity contribution in [1.29, 1.82) is 0 Å². The average molecular weight is 259 g/mol. The summed E-state index contributed by atoms with van der Waals surface area (Å²) in [5.74, 6) is 0.189. The van der Waals surface area contributed by atoms with Crippen LogP contribution in [0.2, 0.25) is 0 Å². The summed E-state index contributed by atoms with van der Waals surface area (Å²) in [4.78, 5) is 14.1. The Hall–Kier alpha value is -1.55. The van der Waals surface area contributed by atoms with Crippen molar-refractivity contribution >= 4 is 11.6 Å². The minimum atomic E-state index is 0.189. The first-order chi connectivity index (χ1) is 9.24. The van der Waals surface area contributed by atoms with E-state index in [0.29, 0.717) is 12.5 Å². The third-order valence-corrected chi connectivity index (χ3v) is 4.31. The number of amides is 1. The van der Waals surface area contributed by atoms with E-state index in [1.807, 2.05) is 12.1 Å². The Kier molecular flexibility index (Phi) is 3.42. The zero-order chi connectivity index (χ0) is 13.2. The largest absolute Gasteiger partial charge is 0.398 e. The van der Waals surface area contributed by atoms with Crippen molar-refractivity contribution in [2.75, 3.05) is 18.8 Å². The van der Waals surface area contributed by atoms with Gasteiger partial charge in [-0.15, -0.1) is 0 Å². The first-order valence-corrected chi connectivity index (χ1v) is 7.11. The minimum Gasteiger partial charge on any atom is -0.398 e.